The Morgan fingerprint density at radius 3 is 2.87 bits per heavy atom. The molecule has 1 fully saturated rings. The average Bonchev–Trinajstić information content (AvgIpc) is 2.25. The van der Waals surface area contributed by atoms with Crippen LogP contribution in [0.4, 0.5) is 11.6 Å². The minimum atomic E-state index is -0.234. The minimum absolute atomic E-state index is 0.00155. The van der Waals surface area contributed by atoms with Crippen LogP contribution in [0, 0.1) is 0 Å². The number of hydrogen-bond acceptors (Lipinski definition) is 5. The smallest absolute Gasteiger partial charge is 0.242 e. The standard InChI is InChI=1S/C9H13N5O/c10-6-4-12-9(13-5-6)14-7-2-1-3-11-8(7)15/h4-5,7H,1-3,10H2,(H,11,15)(H,12,13,14). The van der Waals surface area contributed by atoms with Crippen LogP contribution in [0.3, 0.4) is 0 Å². The van der Waals surface area contributed by atoms with Crippen molar-refractivity contribution in [1.29, 1.82) is 0 Å². The Kier molecular flexibility index (Phi) is 2.66. The summed E-state index contributed by atoms with van der Waals surface area (Å²) in [4.78, 5) is 19.4. The quantitative estimate of drug-likeness (QED) is 0.621. The van der Waals surface area contributed by atoms with Crippen LogP contribution in [-0.4, -0.2) is 28.5 Å². The van der Waals surface area contributed by atoms with Crippen LogP contribution in [-0.2, 0) is 4.79 Å². The van der Waals surface area contributed by atoms with Gasteiger partial charge in [0.1, 0.15) is 6.04 Å². The van der Waals surface area contributed by atoms with Crippen LogP contribution < -0.4 is 16.4 Å². The molecule has 6 nitrogen and oxygen atoms in total. The number of nitrogens with two attached hydrogens (primary N) is 1. The molecular formula is C9H13N5O. The maximum atomic E-state index is 11.4. The first-order valence-corrected chi connectivity index (χ1v) is 4.87. The van der Waals surface area contributed by atoms with Crippen molar-refractivity contribution in [1.82, 2.24) is 15.3 Å². The van der Waals surface area contributed by atoms with Gasteiger partial charge in [-0.2, -0.15) is 0 Å². The van der Waals surface area contributed by atoms with Gasteiger partial charge in [0, 0.05) is 6.54 Å². The molecule has 1 atom stereocenters. The molecule has 1 amide bonds. The second-order valence-corrected chi connectivity index (χ2v) is 3.47. The molecule has 1 saturated heterocycles. The fourth-order valence-electron chi connectivity index (χ4n) is 1.48. The summed E-state index contributed by atoms with van der Waals surface area (Å²) in [5.74, 6) is 0.438. The van der Waals surface area contributed by atoms with Crippen molar-refractivity contribution < 1.29 is 4.79 Å². The fraction of sp³-hybridized carbons (Fsp3) is 0.444. The van der Waals surface area contributed by atoms with Gasteiger partial charge in [-0.3, -0.25) is 4.79 Å². The van der Waals surface area contributed by atoms with Gasteiger partial charge >= 0.3 is 0 Å². The van der Waals surface area contributed by atoms with Gasteiger partial charge in [0.15, 0.2) is 0 Å². The molecule has 2 rings (SSSR count). The second kappa shape index (κ2) is 4.12. The van der Waals surface area contributed by atoms with Gasteiger partial charge in [0.05, 0.1) is 18.1 Å². The Balaban J connectivity index is 2.01. The molecule has 80 valence electrons. The molecule has 2 heterocycles. The first-order chi connectivity index (χ1) is 7.25. The highest BCUT2D eigenvalue weighted by molar-refractivity contribution is 5.84. The van der Waals surface area contributed by atoms with E-state index in [9.17, 15) is 4.79 Å². The van der Waals surface area contributed by atoms with Crippen molar-refractivity contribution in [3.63, 3.8) is 0 Å². The second-order valence-electron chi connectivity index (χ2n) is 3.47. The minimum Gasteiger partial charge on any atom is -0.396 e. The maximum absolute atomic E-state index is 11.4. The Labute approximate surface area is 87.3 Å². The third kappa shape index (κ3) is 2.34. The van der Waals surface area contributed by atoms with Crippen LogP contribution in [0.5, 0.6) is 0 Å². The molecule has 1 aromatic heterocycles. The van der Waals surface area contributed by atoms with Crippen molar-refractivity contribution in [2.24, 2.45) is 0 Å². The van der Waals surface area contributed by atoms with Crippen LogP contribution in [0.15, 0.2) is 12.4 Å². The topological polar surface area (TPSA) is 92.9 Å². The zero-order chi connectivity index (χ0) is 10.7. The van der Waals surface area contributed by atoms with E-state index in [2.05, 4.69) is 20.6 Å². The zero-order valence-corrected chi connectivity index (χ0v) is 8.23. The molecule has 0 bridgehead atoms. The third-order valence-corrected chi connectivity index (χ3v) is 2.26. The number of carbonyl (C=O) groups is 1. The Hall–Kier alpha value is -1.85. The van der Waals surface area contributed by atoms with Crippen molar-refractivity contribution in [3.8, 4) is 0 Å². The monoisotopic (exact) mass is 207 g/mol. The Morgan fingerprint density at radius 2 is 2.20 bits per heavy atom. The van der Waals surface area contributed by atoms with E-state index in [0.29, 0.717) is 11.6 Å². The van der Waals surface area contributed by atoms with Crippen molar-refractivity contribution in [2.45, 2.75) is 18.9 Å². The lowest BCUT2D eigenvalue weighted by Gasteiger charge is -2.22. The Bertz CT molecular complexity index is 350. The largest absolute Gasteiger partial charge is 0.396 e. The van der Waals surface area contributed by atoms with Gasteiger partial charge in [-0.25, -0.2) is 9.97 Å². The van der Waals surface area contributed by atoms with Gasteiger partial charge in [0.25, 0.3) is 0 Å². The summed E-state index contributed by atoms with van der Waals surface area (Å²) in [6, 6.07) is -0.234. The van der Waals surface area contributed by atoms with E-state index in [0.717, 1.165) is 19.4 Å². The predicted octanol–water partition coefficient (Wildman–Crippen LogP) is -0.251. The van der Waals surface area contributed by atoms with Crippen LogP contribution in [0.2, 0.25) is 0 Å². The highest BCUT2D eigenvalue weighted by Gasteiger charge is 2.22. The van der Waals surface area contributed by atoms with Crippen molar-refractivity contribution in [3.05, 3.63) is 12.4 Å². The van der Waals surface area contributed by atoms with Crippen LogP contribution in [0.25, 0.3) is 0 Å². The lowest BCUT2D eigenvalue weighted by molar-refractivity contribution is -0.123. The van der Waals surface area contributed by atoms with Crippen LogP contribution >= 0.6 is 0 Å². The number of anilines is 2. The summed E-state index contributed by atoms with van der Waals surface area (Å²) in [5, 5.41) is 5.75. The molecule has 0 saturated carbocycles. The van der Waals surface area contributed by atoms with E-state index in [1.54, 1.807) is 0 Å². The van der Waals surface area contributed by atoms with E-state index < -0.39 is 0 Å². The van der Waals surface area contributed by atoms with Crippen LogP contribution in [0.1, 0.15) is 12.8 Å². The molecule has 1 aliphatic rings. The molecule has 15 heavy (non-hydrogen) atoms. The molecule has 0 aromatic carbocycles. The SMILES string of the molecule is Nc1cnc(NC2CCCNC2=O)nc1. The lowest BCUT2D eigenvalue weighted by Crippen LogP contribution is -2.44. The number of nitrogens with zero attached hydrogens (tertiary/aromatic N) is 2. The summed E-state index contributed by atoms with van der Waals surface area (Å²) < 4.78 is 0. The van der Waals surface area contributed by atoms with E-state index in [1.807, 2.05) is 0 Å². The summed E-state index contributed by atoms with van der Waals surface area (Å²) in [6.45, 7) is 0.750. The third-order valence-electron chi connectivity index (χ3n) is 2.26. The number of amides is 1. The van der Waals surface area contributed by atoms with Gasteiger partial charge in [-0.1, -0.05) is 0 Å². The number of rotatable bonds is 2. The van der Waals surface area contributed by atoms with Gasteiger partial charge in [-0.05, 0) is 12.8 Å². The first kappa shape index (κ1) is 9.70. The van der Waals surface area contributed by atoms with E-state index in [1.165, 1.54) is 12.4 Å². The molecule has 1 unspecified atom stereocenters. The number of carbonyl (C=O) groups excluding carboxylic acids is 1. The average molecular weight is 207 g/mol. The predicted molar refractivity (Wildman–Crippen MR) is 56.1 cm³/mol. The Morgan fingerprint density at radius 1 is 1.47 bits per heavy atom. The summed E-state index contributed by atoms with van der Waals surface area (Å²) in [6.07, 6.45) is 4.80. The molecule has 0 aliphatic carbocycles. The molecule has 1 aliphatic heterocycles. The van der Waals surface area contributed by atoms with Gasteiger partial charge in [-0.15, -0.1) is 0 Å². The maximum Gasteiger partial charge on any atom is 0.242 e. The molecule has 6 heteroatoms. The normalized spacial score (nSPS) is 20.8. The summed E-state index contributed by atoms with van der Waals surface area (Å²) in [5.41, 5.74) is 5.96. The van der Waals surface area contributed by atoms with E-state index >= 15 is 0 Å². The molecule has 4 N–H and O–H groups in total. The van der Waals surface area contributed by atoms with Gasteiger partial charge in [0.2, 0.25) is 11.9 Å². The molecule has 0 spiro atoms. The van der Waals surface area contributed by atoms with Crippen molar-refractivity contribution in [2.75, 3.05) is 17.6 Å². The number of aromatic nitrogens is 2. The zero-order valence-electron chi connectivity index (χ0n) is 8.23. The summed E-state index contributed by atoms with van der Waals surface area (Å²) in [7, 11) is 0. The molecule has 1 aromatic rings. The lowest BCUT2D eigenvalue weighted by atomic mass is 10.1. The molecular weight excluding hydrogens is 194 g/mol. The first-order valence-electron chi connectivity index (χ1n) is 4.87. The van der Waals surface area contributed by atoms with Crippen molar-refractivity contribution >= 4 is 17.5 Å². The van der Waals surface area contributed by atoms with E-state index in [4.69, 9.17) is 5.73 Å². The number of piperidine rings is 1. The molecule has 0 radical (unpaired) electrons. The number of nitrogen functional groups attached to an aromatic ring is 1. The highest BCUT2D eigenvalue weighted by atomic mass is 16.2. The highest BCUT2D eigenvalue weighted by Crippen LogP contribution is 2.09. The fourth-order valence-corrected chi connectivity index (χ4v) is 1.48. The van der Waals surface area contributed by atoms with Gasteiger partial charge < -0.3 is 16.4 Å². The number of nitrogens with one attached hydrogen (secondary N) is 2. The summed E-state index contributed by atoms with van der Waals surface area (Å²) >= 11 is 0. The van der Waals surface area contributed by atoms with E-state index in [-0.39, 0.29) is 11.9 Å². The number of hydrogen-bond donors (Lipinski definition) is 3.